The number of hydrogen-bond acceptors (Lipinski definition) is 3. The van der Waals surface area contributed by atoms with Gasteiger partial charge in [0.15, 0.2) is 0 Å². The molecule has 2 aromatic rings. The minimum absolute atomic E-state index is 0.258. The first-order valence-corrected chi connectivity index (χ1v) is 5.80. The maximum atomic E-state index is 13.4. The SMILES string of the molecule is Fc1ccc(Cl)cc1Nc1ncc(I)cn1. The average Bonchev–Trinajstić information content (AvgIpc) is 2.27. The van der Waals surface area contributed by atoms with Crippen molar-refractivity contribution >= 4 is 45.8 Å². The number of rotatable bonds is 2. The van der Waals surface area contributed by atoms with Crippen molar-refractivity contribution in [2.24, 2.45) is 0 Å². The molecule has 0 fully saturated rings. The van der Waals surface area contributed by atoms with Gasteiger partial charge in [0.1, 0.15) is 5.82 Å². The van der Waals surface area contributed by atoms with E-state index in [4.69, 9.17) is 11.6 Å². The molecule has 1 aromatic heterocycles. The van der Waals surface area contributed by atoms with Crippen LogP contribution in [0.25, 0.3) is 0 Å². The third kappa shape index (κ3) is 2.79. The molecular weight excluding hydrogens is 343 g/mol. The smallest absolute Gasteiger partial charge is 0.227 e. The largest absolute Gasteiger partial charge is 0.322 e. The number of benzene rings is 1. The first kappa shape index (κ1) is 11.5. The maximum Gasteiger partial charge on any atom is 0.227 e. The second-order valence-electron chi connectivity index (χ2n) is 2.97. The van der Waals surface area contributed by atoms with Crippen LogP contribution in [-0.2, 0) is 0 Å². The van der Waals surface area contributed by atoms with E-state index in [0.717, 1.165) is 3.57 Å². The monoisotopic (exact) mass is 349 g/mol. The van der Waals surface area contributed by atoms with E-state index in [1.807, 2.05) is 0 Å². The number of nitrogens with zero attached hydrogens (tertiary/aromatic N) is 2. The molecule has 16 heavy (non-hydrogen) atoms. The van der Waals surface area contributed by atoms with Crippen LogP contribution in [0.1, 0.15) is 0 Å². The summed E-state index contributed by atoms with van der Waals surface area (Å²) in [6.07, 6.45) is 3.27. The number of aromatic nitrogens is 2. The Bertz CT molecular complexity index is 504. The molecule has 3 nitrogen and oxygen atoms in total. The van der Waals surface area contributed by atoms with Gasteiger partial charge < -0.3 is 5.32 Å². The van der Waals surface area contributed by atoms with Crippen molar-refractivity contribution in [2.45, 2.75) is 0 Å². The highest BCUT2D eigenvalue weighted by Gasteiger charge is 2.04. The molecule has 0 amide bonds. The van der Waals surface area contributed by atoms with Crippen LogP contribution >= 0.6 is 34.2 Å². The third-order valence-electron chi connectivity index (χ3n) is 1.80. The van der Waals surface area contributed by atoms with Crippen molar-refractivity contribution in [2.75, 3.05) is 5.32 Å². The Morgan fingerprint density at radius 1 is 1.25 bits per heavy atom. The summed E-state index contributed by atoms with van der Waals surface area (Å²) in [6.45, 7) is 0. The molecule has 0 aliphatic heterocycles. The van der Waals surface area contributed by atoms with Crippen LogP contribution in [0.5, 0.6) is 0 Å². The van der Waals surface area contributed by atoms with E-state index in [0.29, 0.717) is 11.0 Å². The van der Waals surface area contributed by atoms with E-state index >= 15 is 0 Å². The van der Waals surface area contributed by atoms with Gasteiger partial charge in [0.2, 0.25) is 5.95 Å². The zero-order valence-electron chi connectivity index (χ0n) is 7.92. The molecule has 0 bridgehead atoms. The zero-order valence-corrected chi connectivity index (χ0v) is 10.8. The molecule has 1 heterocycles. The van der Waals surface area contributed by atoms with Gasteiger partial charge in [0, 0.05) is 21.0 Å². The minimum atomic E-state index is -0.397. The Hall–Kier alpha value is -0.950. The highest BCUT2D eigenvalue weighted by atomic mass is 127. The molecule has 0 aliphatic carbocycles. The fourth-order valence-corrected chi connectivity index (χ4v) is 1.54. The molecule has 0 aliphatic rings. The Morgan fingerprint density at radius 2 is 1.94 bits per heavy atom. The molecule has 82 valence electrons. The normalized spacial score (nSPS) is 10.2. The van der Waals surface area contributed by atoms with Crippen molar-refractivity contribution in [3.63, 3.8) is 0 Å². The van der Waals surface area contributed by atoms with Crippen LogP contribution in [0.2, 0.25) is 5.02 Å². The molecule has 0 radical (unpaired) electrons. The lowest BCUT2D eigenvalue weighted by Crippen LogP contribution is -1.98. The van der Waals surface area contributed by atoms with E-state index in [9.17, 15) is 4.39 Å². The van der Waals surface area contributed by atoms with E-state index in [-0.39, 0.29) is 5.69 Å². The lowest BCUT2D eigenvalue weighted by Gasteiger charge is -2.05. The summed E-state index contributed by atoms with van der Waals surface area (Å²) in [5.41, 5.74) is 0.258. The van der Waals surface area contributed by atoms with Crippen LogP contribution < -0.4 is 5.32 Å². The molecule has 0 saturated heterocycles. The topological polar surface area (TPSA) is 37.8 Å². The maximum absolute atomic E-state index is 13.4. The number of nitrogens with one attached hydrogen (secondary N) is 1. The van der Waals surface area contributed by atoms with Crippen molar-refractivity contribution in [3.05, 3.63) is 45.0 Å². The predicted octanol–water partition coefficient (Wildman–Crippen LogP) is 3.62. The third-order valence-corrected chi connectivity index (χ3v) is 2.59. The van der Waals surface area contributed by atoms with Crippen LogP contribution in [0.15, 0.2) is 30.6 Å². The average molecular weight is 350 g/mol. The highest BCUT2D eigenvalue weighted by molar-refractivity contribution is 14.1. The van der Waals surface area contributed by atoms with Gasteiger partial charge in [-0.1, -0.05) is 11.6 Å². The van der Waals surface area contributed by atoms with Gasteiger partial charge in [-0.15, -0.1) is 0 Å². The van der Waals surface area contributed by atoms with Crippen molar-refractivity contribution in [1.29, 1.82) is 0 Å². The second-order valence-corrected chi connectivity index (χ2v) is 4.66. The Balaban J connectivity index is 2.26. The standard InChI is InChI=1S/C10H6ClFIN3/c11-6-1-2-8(12)9(3-6)16-10-14-4-7(13)5-15-10/h1-5H,(H,14,15,16). The summed E-state index contributed by atoms with van der Waals surface area (Å²) in [4.78, 5) is 8.01. The summed E-state index contributed by atoms with van der Waals surface area (Å²) >= 11 is 7.85. The Labute approximate surface area is 110 Å². The van der Waals surface area contributed by atoms with E-state index in [1.165, 1.54) is 18.2 Å². The summed E-state index contributed by atoms with van der Waals surface area (Å²) in [7, 11) is 0. The Morgan fingerprint density at radius 3 is 2.62 bits per heavy atom. The number of anilines is 2. The molecular formula is C10H6ClFIN3. The summed E-state index contributed by atoms with van der Waals surface area (Å²) < 4.78 is 14.3. The molecule has 0 atom stereocenters. The quantitative estimate of drug-likeness (QED) is 0.842. The first-order valence-electron chi connectivity index (χ1n) is 4.35. The van der Waals surface area contributed by atoms with Crippen LogP contribution in [-0.4, -0.2) is 9.97 Å². The first-order chi connectivity index (χ1) is 7.65. The Kier molecular flexibility index (Phi) is 3.55. The van der Waals surface area contributed by atoms with Gasteiger partial charge >= 0.3 is 0 Å². The zero-order chi connectivity index (χ0) is 11.5. The lowest BCUT2D eigenvalue weighted by atomic mass is 10.3. The van der Waals surface area contributed by atoms with Gasteiger partial charge in [-0.3, -0.25) is 0 Å². The highest BCUT2D eigenvalue weighted by Crippen LogP contribution is 2.21. The molecule has 0 spiro atoms. The minimum Gasteiger partial charge on any atom is -0.322 e. The predicted molar refractivity (Wildman–Crippen MR) is 69.4 cm³/mol. The lowest BCUT2D eigenvalue weighted by molar-refractivity contribution is 0.631. The van der Waals surface area contributed by atoms with Crippen molar-refractivity contribution in [3.8, 4) is 0 Å². The summed E-state index contributed by atoms with van der Waals surface area (Å²) in [6, 6.07) is 4.26. The van der Waals surface area contributed by atoms with Crippen LogP contribution in [0, 0.1) is 9.39 Å². The fraction of sp³-hybridized carbons (Fsp3) is 0. The van der Waals surface area contributed by atoms with Crippen LogP contribution in [0.3, 0.4) is 0 Å². The molecule has 0 unspecified atom stereocenters. The van der Waals surface area contributed by atoms with E-state index in [1.54, 1.807) is 12.4 Å². The molecule has 1 aromatic carbocycles. The molecule has 6 heteroatoms. The fourth-order valence-electron chi connectivity index (χ4n) is 1.09. The number of halogens is 3. The van der Waals surface area contributed by atoms with E-state index < -0.39 is 5.82 Å². The molecule has 0 saturated carbocycles. The van der Waals surface area contributed by atoms with Crippen molar-refractivity contribution in [1.82, 2.24) is 9.97 Å². The number of hydrogen-bond donors (Lipinski definition) is 1. The summed E-state index contributed by atoms with van der Waals surface area (Å²) in [5.74, 6) is -0.0619. The second kappa shape index (κ2) is 4.92. The van der Waals surface area contributed by atoms with Crippen molar-refractivity contribution < 1.29 is 4.39 Å². The van der Waals surface area contributed by atoms with Gasteiger partial charge in [-0.05, 0) is 40.8 Å². The molecule has 2 rings (SSSR count). The van der Waals surface area contributed by atoms with Crippen LogP contribution in [0.4, 0.5) is 16.0 Å². The van der Waals surface area contributed by atoms with Gasteiger partial charge in [-0.25, -0.2) is 14.4 Å². The summed E-state index contributed by atoms with van der Waals surface area (Å²) in [5, 5.41) is 3.21. The van der Waals surface area contributed by atoms with Gasteiger partial charge in [-0.2, -0.15) is 0 Å². The van der Waals surface area contributed by atoms with Gasteiger partial charge in [0.05, 0.1) is 5.69 Å². The van der Waals surface area contributed by atoms with E-state index in [2.05, 4.69) is 37.9 Å². The molecule has 1 N–H and O–H groups in total. The van der Waals surface area contributed by atoms with Gasteiger partial charge in [0.25, 0.3) is 0 Å².